The Morgan fingerprint density at radius 3 is 2.75 bits per heavy atom. The van der Waals surface area contributed by atoms with E-state index in [-0.39, 0.29) is 24.9 Å². The molecule has 0 N–H and O–H groups in total. The summed E-state index contributed by atoms with van der Waals surface area (Å²) in [5.41, 5.74) is 0.898. The van der Waals surface area contributed by atoms with E-state index in [1.807, 2.05) is 38.1 Å². The summed E-state index contributed by atoms with van der Waals surface area (Å²) < 4.78 is 16.4. The Balaban J connectivity index is 1.51. The summed E-state index contributed by atoms with van der Waals surface area (Å²) in [4.78, 5) is 19.2. The van der Waals surface area contributed by atoms with Crippen molar-refractivity contribution in [2.24, 2.45) is 4.99 Å². The van der Waals surface area contributed by atoms with Crippen LogP contribution >= 0.6 is 11.8 Å². The highest BCUT2D eigenvalue weighted by atomic mass is 32.2. The van der Waals surface area contributed by atoms with E-state index < -0.39 is 0 Å². The molecule has 1 amide bonds. The number of hydrogen-bond acceptors (Lipinski definition) is 6. The van der Waals surface area contributed by atoms with Crippen LogP contribution in [0.1, 0.15) is 19.4 Å². The minimum absolute atomic E-state index is 0.133. The maximum absolute atomic E-state index is 12.2. The minimum atomic E-state index is -0.195. The van der Waals surface area contributed by atoms with Crippen molar-refractivity contribution < 1.29 is 19.0 Å². The van der Waals surface area contributed by atoms with E-state index >= 15 is 0 Å². The molecule has 3 heterocycles. The number of hydrogen-bond donors (Lipinski definition) is 0. The first-order valence-corrected chi connectivity index (χ1v) is 8.73. The number of nitrogens with zero attached hydrogens (tertiary/aromatic N) is 2. The zero-order chi connectivity index (χ0) is 16.7. The monoisotopic (exact) mass is 346 g/mol. The Morgan fingerprint density at radius 2 is 1.96 bits per heavy atom. The number of amidine groups is 1. The number of carbonyl (C=O) groups is 1. The van der Waals surface area contributed by atoms with Gasteiger partial charge in [-0.25, -0.2) is 0 Å². The molecule has 1 aromatic carbocycles. The summed E-state index contributed by atoms with van der Waals surface area (Å²) in [7, 11) is 0. The Morgan fingerprint density at radius 1 is 1.21 bits per heavy atom. The van der Waals surface area contributed by atoms with Crippen LogP contribution in [0.3, 0.4) is 0 Å². The fourth-order valence-corrected chi connectivity index (χ4v) is 3.95. The Kier molecular flexibility index (Phi) is 3.97. The molecule has 1 saturated heterocycles. The van der Waals surface area contributed by atoms with Crippen molar-refractivity contribution in [2.75, 3.05) is 19.9 Å². The highest BCUT2D eigenvalue weighted by Crippen LogP contribution is 2.35. The average Bonchev–Trinajstić information content (AvgIpc) is 3.13. The maximum atomic E-state index is 12.2. The number of morpholine rings is 1. The third-order valence-corrected chi connectivity index (χ3v) is 5.04. The van der Waals surface area contributed by atoms with Crippen LogP contribution in [-0.2, 0) is 9.53 Å². The van der Waals surface area contributed by atoms with Crippen LogP contribution in [0.4, 0.5) is 0 Å². The highest BCUT2D eigenvalue weighted by molar-refractivity contribution is 8.18. The molecule has 3 aliphatic heterocycles. The van der Waals surface area contributed by atoms with E-state index in [1.165, 1.54) is 11.8 Å². The number of aliphatic imine (C=N–C) groups is 1. The normalized spacial score (nSPS) is 27.8. The molecular formula is C17H18N2O4S. The van der Waals surface area contributed by atoms with Crippen molar-refractivity contribution >= 4 is 28.9 Å². The fourth-order valence-electron chi connectivity index (χ4n) is 3.02. The minimum Gasteiger partial charge on any atom is -0.454 e. The zero-order valence-corrected chi connectivity index (χ0v) is 14.3. The van der Waals surface area contributed by atoms with Crippen molar-refractivity contribution in [3.05, 3.63) is 28.7 Å². The molecule has 0 radical (unpaired) electrons. The Bertz CT molecular complexity index is 736. The lowest BCUT2D eigenvalue weighted by molar-refractivity contribution is -0.113. The molecule has 0 aromatic heterocycles. The second-order valence-electron chi connectivity index (χ2n) is 6.09. The third-order valence-electron chi connectivity index (χ3n) is 3.99. The van der Waals surface area contributed by atoms with Crippen molar-refractivity contribution in [3.63, 3.8) is 0 Å². The van der Waals surface area contributed by atoms with Gasteiger partial charge in [0.2, 0.25) is 6.79 Å². The van der Waals surface area contributed by atoms with Gasteiger partial charge in [-0.2, -0.15) is 4.99 Å². The van der Waals surface area contributed by atoms with Gasteiger partial charge in [0.05, 0.1) is 17.1 Å². The summed E-state index contributed by atoms with van der Waals surface area (Å²) in [6.07, 6.45) is 2.11. The van der Waals surface area contributed by atoms with Gasteiger partial charge in [0.1, 0.15) is 0 Å². The highest BCUT2D eigenvalue weighted by Gasteiger charge is 2.31. The molecule has 0 spiro atoms. The summed E-state index contributed by atoms with van der Waals surface area (Å²) in [6.45, 7) is 5.81. The molecule has 2 atom stereocenters. The van der Waals surface area contributed by atoms with Crippen LogP contribution in [0.2, 0.25) is 0 Å². The van der Waals surface area contributed by atoms with Gasteiger partial charge in [-0.05, 0) is 49.4 Å². The van der Waals surface area contributed by atoms with Gasteiger partial charge in [-0.1, -0.05) is 6.07 Å². The van der Waals surface area contributed by atoms with Gasteiger partial charge in [-0.15, -0.1) is 0 Å². The first kappa shape index (κ1) is 15.5. The number of rotatable bonds is 1. The second kappa shape index (κ2) is 6.14. The van der Waals surface area contributed by atoms with Crippen LogP contribution in [0.25, 0.3) is 6.08 Å². The summed E-state index contributed by atoms with van der Waals surface area (Å²) in [6, 6.07) is 5.64. The molecule has 24 heavy (non-hydrogen) atoms. The molecule has 1 aromatic rings. The number of ether oxygens (including phenoxy) is 3. The smallest absolute Gasteiger partial charge is 0.286 e. The largest absolute Gasteiger partial charge is 0.454 e. The SMILES string of the molecule is C[C@H]1CN(C2=NC(=O)/C(=C/c3ccc4c(c3)OCO4)S2)C[C@H](C)O1. The van der Waals surface area contributed by atoms with Gasteiger partial charge in [0.15, 0.2) is 16.7 Å². The number of fused-ring (bicyclic) bond motifs is 1. The molecule has 1 fully saturated rings. The van der Waals surface area contributed by atoms with Gasteiger partial charge in [0.25, 0.3) is 5.91 Å². The molecule has 7 heteroatoms. The molecule has 3 aliphatic rings. The van der Waals surface area contributed by atoms with E-state index in [9.17, 15) is 4.79 Å². The van der Waals surface area contributed by atoms with E-state index in [4.69, 9.17) is 14.2 Å². The van der Waals surface area contributed by atoms with Crippen molar-refractivity contribution in [3.8, 4) is 11.5 Å². The molecule has 0 bridgehead atoms. The van der Waals surface area contributed by atoms with Gasteiger partial charge < -0.3 is 19.1 Å². The zero-order valence-electron chi connectivity index (χ0n) is 13.5. The topological polar surface area (TPSA) is 60.4 Å². The van der Waals surface area contributed by atoms with E-state index in [2.05, 4.69) is 9.89 Å². The standard InChI is InChI=1S/C17H18N2O4S/c1-10-7-19(8-11(2)23-10)17-18-16(20)15(24-17)6-12-3-4-13-14(5-12)22-9-21-13/h3-6,10-11H,7-9H2,1-2H3/b15-6-/t10-,11-/m0/s1. The molecule has 6 nitrogen and oxygen atoms in total. The van der Waals surface area contributed by atoms with Crippen molar-refractivity contribution in [2.45, 2.75) is 26.1 Å². The fraction of sp³-hybridized carbons (Fsp3) is 0.412. The molecule has 0 saturated carbocycles. The number of benzene rings is 1. The summed E-state index contributed by atoms with van der Waals surface area (Å²) in [5, 5.41) is 0.758. The predicted molar refractivity (Wildman–Crippen MR) is 92.2 cm³/mol. The van der Waals surface area contributed by atoms with Gasteiger partial charge in [0, 0.05) is 13.1 Å². The van der Waals surface area contributed by atoms with Crippen molar-refractivity contribution in [1.82, 2.24) is 4.90 Å². The lowest BCUT2D eigenvalue weighted by Crippen LogP contribution is -2.47. The Labute approximate surface area is 144 Å². The predicted octanol–water partition coefficient (Wildman–Crippen LogP) is 2.49. The molecule has 4 rings (SSSR count). The first-order chi connectivity index (χ1) is 11.6. The van der Waals surface area contributed by atoms with Crippen LogP contribution in [0.5, 0.6) is 11.5 Å². The summed E-state index contributed by atoms with van der Waals surface area (Å²) >= 11 is 1.42. The maximum Gasteiger partial charge on any atom is 0.286 e. The number of amides is 1. The number of thioether (sulfide) groups is 1. The number of carbonyl (C=O) groups excluding carboxylic acids is 1. The third kappa shape index (κ3) is 3.01. The van der Waals surface area contributed by atoms with Crippen LogP contribution in [0.15, 0.2) is 28.1 Å². The van der Waals surface area contributed by atoms with E-state index in [1.54, 1.807) is 0 Å². The average molecular weight is 346 g/mol. The van der Waals surface area contributed by atoms with Gasteiger partial charge >= 0.3 is 0 Å². The summed E-state index contributed by atoms with van der Waals surface area (Å²) in [5.74, 6) is 1.24. The van der Waals surface area contributed by atoms with Crippen molar-refractivity contribution in [1.29, 1.82) is 0 Å². The Hall–Kier alpha value is -1.99. The quantitative estimate of drug-likeness (QED) is 0.728. The second-order valence-corrected chi connectivity index (χ2v) is 7.09. The molecule has 126 valence electrons. The van der Waals surface area contributed by atoms with E-state index in [0.29, 0.717) is 10.7 Å². The molecule has 0 aliphatic carbocycles. The molecular weight excluding hydrogens is 328 g/mol. The first-order valence-electron chi connectivity index (χ1n) is 7.91. The molecule has 0 unspecified atom stereocenters. The van der Waals surface area contributed by atoms with E-state index in [0.717, 1.165) is 29.6 Å². The lowest BCUT2D eigenvalue weighted by Gasteiger charge is -2.35. The lowest BCUT2D eigenvalue weighted by atomic mass is 10.2. The van der Waals surface area contributed by atoms with Gasteiger partial charge in [-0.3, -0.25) is 4.79 Å². The van der Waals surface area contributed by atoms with Crippen LogP contribution in [0, 0.1) is 0 Å². The van der Waals surface area contributed by atoms with Crippen LogP contribution in [-0.4, -0.2) is 48.1 Å². The van der Waals surface area contributed by atoms with Crippen LogP contribution < -0.4 is 9.47 Å².